The number of nitrogens with zero attached hydrogens (tertiary/aromatic N) is 2. The second-order valence-electron chi connectivity index (χ2n) is 7.32. The van der Waals surface area contributed by atoms with E-state index in [1.54, 1.807) is 4.90 Å². The van der Waals surface area contributed by atoms with Gasteiger partial charge >= 0.3 is 0 Å². The zero-order valence-electron chi connectivity index (χ0n) is 15.3. The fourth-order valence-electron chi connectivity index (χ4n) is 4.00. The van der Waals surface area contributed by atoms with Crippen molar-refractivity contribution in [1.82, 2.24) is 10.2 Å². The van der Waals surface area contributed by atoms with E-state index in [1.807, 2.05) is 24.1 Å². The average molecular weight is 343 g/mol. The van der Waals surface area contributed by atoms with E-state index >= 15 is 0 Å². The summed E-state index contributed by atoms with van der Waals surface area (Å²) >= 11 is 0. The van der Waals surface area contributed by atoms with Crippen LogP contribution >= 0.6 is 0 Å². The van der Waals surface area contributed by atoms with Crippen LogP contribution in [0.2, 0.25) is 0 Å². The lowest BCUT2D eigenvalue weighted by atomic mass is 10.1. The highest BCUT2D eigenvalue weighted by atomic mass is 16.2. The Bertz CT molecular complexity index is 614. The Labute approximate surface area is 150 Å². The average Bonchev–Trinajstić information content (AvgIpc) is 3.23. The van der Waals surface area contributed by atoms with E-state index in [9.17, 15) is 9.59 Å². The van der Waals surface area contributed by atoms with Gasteiger partial charge in [-0.05, 0) is 50.0 Å². The van der Waals surface area contributed by atoms with Crippen LogP contribution in [-0.4, -0.2) is 49.9 Å². The van der Waals surface area contributed by atoms with Crippen molar-refractivity contribution in [3.05, 3.63) is 29.8 Å². The highest BCUT2D eigenvalue weighted by Gasteiger charge is 2.38. The molecule has 5 heteroatoms. The third-order valence-electron chi connectivity index (χ3n) is 5.35. The van der Waals surface area contributed by atoms with Crippen LogP contribution in [0.5, 0.6) is 0 Å². The van der Waals surface area contributed by atoms with Crippen molar-refractivity contribution in [2.45, 2.75) is 32.6 Å². The monoisotopic (exact) mass is 343 g/mol. The lowest BCUT2D eigenvalue weighted by molar-refractivity contribution is -0.134. The summed E-state index contributed by atoms with van der Waals surface area (Å²) in [6.45, 7) is 5.26. The minimum absolute atomic E-state index is 0.0626. The molecule has 2 saturated heterocycles. The number of rotatable bonds is 6. The number of likely N-dealkylation sites (tertiary alicyclic amines) is 1. The molecule has 1 aromatic rings. The van der Waals surface area contributed by atoms with Gasteiger partial charge in [-0.1, -0.05) is 25.5 Å². The van der Waals surface area contributed by atoms with Gasteiger partial charge in [0.2, 0.25) is 11.8 Å². The number of aryl methyl sites for hydroxylation is 1. The Kier molecular flexibility index (Phi) is 5.74. The SMILES string of the molecule is CCCc1ccc(N2CC(C(=O)N3CCC(CNC)C3)CC2=O)cc1. The predicted molar refractivity (Wildman–Crippen MR) is 99.5 cm³/mol. The first-order valence-corrected chi connectivity index (χ1v) is 9.45. The summed E-state index contributed by atoms with van der Waals surface area (Å²) < 4.78 is 0. The Morgan fingerprint density at radius 2 is 2.00 bits per heavy atom. The summed E-state index contributed by atoms with van der Waals surface area (Å²) in [4.78, 5) is 28.9. The van der Waals surface area contributed by atoms with E-state index in [2.05, 4.69) is 24.4 Å². The number of anilines is 1. The van der Waals surface area contributed by atoms with Gasteiger partial charge in [0.05, 0.1) is 5.92 Å². The minimum Gasteiger partial charge on any atom is -0.342 e. The zero-order chi connectivity index (χ0) is 17.8. The van der Waals surface area contributed by atoms with Crippen molar-refractivity contribution < 1.29 is 9.59 Å². The van der Waals surface area contributed by atoms with E-state index in [-0.39, 0.29) is 17.7 Å². The van der Waals surface area contributed by atoms with Gasteiger partial charge in [-0.15, -0.1) is 0 Å². The molecule has 25 heavy (non-hydrogen) atoms. The summed E-state index contributed by atoms with van der Waals surface area (Å²) in [7, 11) is 1.95. The molecular weight excluding hydrogens is 314 g/mol. The highest BCUT2D eigenvalue weighted by Crippen LogP contribution is 2.28. The number of nitrogens with one attached hydrogen (secondary N) is 1. The fraction of sp³-hybridized carbons (Fsp3) is 0.600. The molecule has 2 aliphatic heterocycles. The van der Waals surface area contributed by atoms with Gasteiger partial charge in [-0.2, -0.15) is 0 Å². The predicted octanol–water partition coefficient (Wildman–Crippen LogP) is 2.06. The number of carbonyl (C=O) groups is 2. The Morgan fingerprint density at radius 3 is 2.68 bits per heavy atom. The van der Waals surface area contributed by atoms with Crippen molar-refractivity contribution in [3.63, 3.8) is 0 Å². The molecule has 3 rings (SSSR count). The van der Waals surface area contributed by atoms with E-state index in [0.29, 0.717) is 18.9 Å². The van der Waals surface area contributed by atoms with Crippen molar-refractivity contribution in [3.8, 4) is 0 Å². The first-order valence-electron chi connectivity index (χ1n) is 9.45. The van der Waals surface area contributed by atoms with Crippen LogP contribution in [0.3, 0.4) is 0 Å². The van der Waals surface area contributed by atoms with E-state index in [4.69, 9.17) is 0 Å². The van der Waals surface area contributed by atoms with Gasteiger partial charge in [-0.25, -0.2) is 0 Å². The molecule has 0 bridgehead atoms. The molecule has 5 nitrogen and oxygen atoms in total. The van der Waals surface area contributed by atoms with Crippen molar-refractivity contribution >= 4 is 17.5 Å². The molecule has 2 fully saturated rings. The first kappa shape index (κ1) is 17.9. The number of hydrogen-bond acceptors (Lipinski definition) is 3. The molecule has 0 spiro atoms. The molecule has 0 radical (unpaired) electrons. The lowest BCUT2D eigenvalue weighted by Crippen LogP contribution is -2.36. The maximum atomic E-state index is 12.8. The molecule has 0 saturated carbocycles. The summed E-state index contributed by atoms with van der Waals surface area (Å²) in [6.07, 6.45) is 3.56. The second kappa shape index (κ2) is 8.00. The molecule has 1 N–H and O–H groups in total. The highest BCUT2D eigenvalue weighted by molar-refractivity contribution is 6.00. The van der Waals surface area contributed by atoms with Crippen LogP contribution in [0.1, 0.15) is 31.7 Å². The summed E-state index contributed by atoms with van der Waals surface area (Å²) in [5.41, 5.74) is 2.20. The molecule has 0 aliphatic carbocycles. The summed E-state index contributed by atoms with van der Waals surface area (Å²) in [5, 5.41) is 3.19. The number of hydrogen-bond donors (Lipinski definition) is 1. The van der Waals surface area contributed by atoms with Gasteiger partial charge < -0.3 is 15.1 Å². The zero-order valence-corrected chi connectivity index (χ0v) is 15.3. The normalized spacial score (nSPS) is 23.5. The molecule has 2 atom stereocenters. The van der Waals surface area contributed by atoms with Crippen LogP contribution in [0, 0.1) is 11.8 Å². The quantitative estimate of drug-likeness (QED) is 0.860. The van der Waals surface area contributed by atoms with Gasteiger partial charge in [0.1, 0.15) is 0 Å². The lowest BCUT2D eigenvalue weighted by Gasteiger charge is -2.21. The fourth-order valence-corrected chi connectivity index (χ4v) is 4.00. The standard InChI is InChI=1S/C20H29N3O2/c1-3-4-15-5-7-18(8-6-15)23-14-17(11-19(23)24)20(25)22-10-9-16(13-22)12-21-2/h5-8,16-17,21H,3-4,9-14H2,1-2H3. The Hall–Kier alpha value is -1.88. The first-order chi connectivity index (χ1) is 12.1. The molecule has 2 heterocycles. The second-order valence-corrected chi connectivity index (χ2v) is 7.32. The molecule has 2 unspecified atom stereocenters. The third kappa shape index (κ3) is 4.03. The number of benzene rings is 1. The van der Waals surface area contributed by atoms with E-state index < -0.39 is 0 Å². The van der Waals surface area contributed by atoms with Crippen LogP contribution in [0.15, 0.2) is 24.3 Å². The molecular formula is C20H29N3O2. The Balaban J connectivity index is 1.61. The summed E-state index contributed by atoms with van der Waals surface area (Å²) in [5.74, 6) is 0.550. The van der Waals surface area contributed by atoms with E-state index in [1.165, 1.54) is 5.56 Å². The van der Waals surface area contributed by atoms with Crippen LogP contribution in [-0.2, 0) is 16.0 Å². The number of carbonyl (C=O) groups excluding carboxylic acids is 2. The third-order valence-corrected chi connectivity index (χ3v) is 5.35. The van der Waals surface area contributed by atoms with Crippen LogP contribution in [0.25, 0.3) is 0 Å². The van der Waals surface area contributed by atoms with Crippen molar-refractivity contribution in [2.75, 3.05) is 38.1 Å². The summed E-state index contributed by atoms with van der Waals surface area (Å²) in [6, 6.07) is 8.19. The smallest absolute Gasteiger partial charge is 0.228 e. The molecule has 2 amide bonds. The molecule has 1 aromatic carbocycles. The molecule has 136 valence electrons. The maximum Gasteiger partial charge on any atom is 0.228 e. The van der Waals surface area contributed by atoms with Crippen LogP contribution in [0.4, 0.5) is 5.69 Å². The Morgan fingerprint density at radius 1 is 1.24 bits per heavy atom. The number of amides is 2. The van der Waals surface area contributed by atoms with Gasteiger partial charge in [0.15, 0.2) is 0 Å². The molecule has 2 aliphatic rings. The minimum atomic E-state index is -0.198. The van der Waals surface area contributed by atoms with Crippen molar-refractivity contribution in [2.24, 2.45) is 11.8 Å². The van der Waals surface area contributed by atoms with Crippen LogP contribution < -0.4 is 10.2 Å². The van der Waals surface area contributed by atoms with E-state index in [0.717, 1.165) is 44.6 Å². The molecule has 0 aromatic heterocycles. The topological polar surface area (TPSA) is 52.7 Å². The van der Waals surface area contributed by atoms with Gasteiger partial charge in [0.25, 0.3) is 0 Å². The van der Waals surface area contributed by atoms with Gasteiger partial charge in [0, 0.05) is 31.7 Å². The largest absolute Gasteiger partial charge is 0.342 e. The maximum absolute atomic E-state index is 12.8. The van der Waals surface area contributed by atoms with Crippen molar-refractivity contribution in [1.29, 1.82) is 0 Å². The van der Waals surface area contributed by atoms with Gasteiger partial charge in [-0.3, -0.25) is 9.59 Å².